The molecule has 0 spiro atoms. The van der Waals surface area contributed by atoms with Crippen molar-refractivity contribution in [3.63, 3.8) is 0 Å². The first kappa shape index (κ1) is 35.5. The van der Waals surface area contributed by atoms with Gasteiger partial charge in [-0.2, -0.15) is 0 Å². The third-order valence-corrected chi connectivity index (χ3v) is 9.13. The fourth-order valence-electron chi connectivity index (χ4n) is 4.82. The van der Waals surface area contributed by atoms with Crippen LogP contribution in [0.3, 0.4) is 0 Å². The Morgan fingerprint density at radius 3 is 2.18 bits per heavy atom. The number of sulfonamides is 1. The van der Waals surface area contributed by atoms with E-state index < -0.39 is 28.5 Å². The molecule has 10 nitrogen and oxygen atoms in total. The Balaban J connectivity index is 2.17. The van der Waals surface area contributed by atoms with Crippen molar-refractivity contribution in [2.45, 2.75) is 51.6 Å². The first-order valence-corrected chi connectivity index (χ1v) is 16.4. The summed E-state index contributed by atoms with van der Waals surface area (Å²) in [5.41, 5.74) is 1.84. The molecular weight excluding hydrogens is 618 g/mol. The number of nitrogens with zero attached hydrogens (tertiary/aromatic N) is 2. The molecule has 0 aliphatic carbocycles. The highest BCUT2D eigenvalue weighted by Gasteiger charge is 2.35. The van der Waals surface area contributed by atoms with Crippen molar-refractivity contribution in [1.29, 1.82) is 0 Å². The number of rotatable bonds is 15. The Hall–Kier alpha value is -3.96. The lowest BCUT2D eigenvalue weighted by molar-refractivity contribution is -0.140. The van der Waals surface area contributed by atoms with E-state index in [0.717, 1.165) is 15.4 Å². The maximum Gasteiger partial charge on any atom is 0.265 e. The van der Waals surface area contributed by atoms with Gasteiger partial charge in [-0.05, 0) is 55.2 Å². The molecule has 0 saturated carbocycles. The lowest BCUT2D eigenvalue weighted by Crippen LogP contribution is -2.52. The molecule has 0 radical (unpaired) electrons. The second-order valence-electron chi connectivity index (χ2n) is 10.9. The maximum absolute atomic E-state index is 14.4. The molecule has 0 bridgehead atoms. The third kappa shape index (κ3) is 8.82. The van der Waals surface area contributed by atoms with Gasteiger partial charge in [0.15, 0.2) is 11.5 Å². The summed E-state index contributed by atoms with van der Waals surface area (Å²) in [4.78, 5) is 29.1. The van der Waals surface area contributed by atoms with Crippen molar-refractivity contribution < 1.29 is 32.2 Å². The molecule has 1 atom stereocenters. The van der Waals surface area contributed by atoms with Gasteiger partial charge in [-0.15, -0.1) is 0 Å². The highest BCUT2D eigenvalue weighted by molar-refractivity contribution is 7.92. The third-order valence-electron chi connectivity index (χ3n) is 7.14. The standard InChI is InChI=1S/C33H42ClN3O7S/c1-8-27(33(39)35-19-22(2)3)36(20-24-11-9-10-23(4)16-24)32(38)21-37(28-17-25(34)12-14-29(28)42-5)45(40,41)26-13-15-30(43-6)31(18-26)44-7/h9-18,22,27H,8,19-21H2,1-7H3,(H,35,39). The molecule has 1 N–H and O–H groups in total. The minimum atomic E-state index is -4.43. The number of nitrogens with one attached hydrogen (secondary N) is 1. The number of methoxy groups -OCH3 is 3. The molecule has 2 amide bonds. The average molecular weight is 660 g/mol. The monoisotopic (exact) mass is 659 g/mol. The minimum Gasteiger partial charge on any atom is -0.495 e. The van der Waals surface area contributed by atoms with Gasteiger partial charge in [0.05, 0.1) is 31.9 Å². The summed E-state index contributed by atoms with van der Waals surface area (Å²) in [6, 6.07) is 15.4. The SMILES string of the molecule is CCC(C(=O)NCC(C)C)N(Cc1cccc(C)c1)C(=O)CN(c1cc(Cl)ccc1OC)S(=O)(=O)c1ccc(OC)c(OC)c1. The van der Waals surface area contributed by atoms with Crippen LogP contribution in [0.25, 0.3) is 0 Å². The largest absolute Gasteiger partial charge is 0.495 e. The van der Waals surface area contributed by atoms with Crippen LogP contribution in [0.5, 0.6) is 17.2 Å². The smallest absolute Gasteiger partial charge is 0.265 e. The molecule has 45 heavy (non-hydrogen) atoms. The van der Waals surface area contributed by atoms with Crippen LogP contribution >= 0.6 is 11.6 Å². The van der Waals surface area contributed by atoms with E-state index in [1.54, 1.807) is 6.07 Å². The number of anilines is 1. The van der Waals surface area contributed by atoms with Crippen LogP contribution in [0.4, 0.5) is 5.69 Å². The van der Waals surface area contributed by atoms with E-state index in [-0.39, 0.29) is 45.5 Å². The molecule has 0 aliphatic rings. The zero-order valence-corrected chi connectivity index (χ0v) is 28.4. The summed E-state index contributed by atoms with van der Waals surface area (Å²) in [7, 11) is -0.198. The first-order chi connectivity index (χ1) is 21.4. The second-order valence-corrected chi connectivity index (χ2v) is 13.2. The fraction of sp³-hybridized carbons (Fsp3) is 0.394. The molecule has 0 saturated heterocycles. The quantitative estimate of drug-likeness (QED) is 0.231. The highest BCUT2D eigenvalue weighted by Crippen LogP contribution is 2.37. The van der Waals surface area contributed by atoms with E-state index in [4.69, 9.17) is 25.8 Å². The average Bonchev–Trinajstić information content (AvgIpc) is 3.01. The van der Waals surface area contributed by atoms with Crippen molar-refractivity contribution in [1.82, 2.24) is 10.2 Å². The maximum atomic E-state index is 14.4. The molecule has 12 heteroatoms. The van der Waals surface area contributed by atoms with Crippen molar-refractivity contribution in [3.8, 4) is 17.2 Å². The predicted octanol–water partition coefficient (Wildman–Crippen LogP) is 5.45. The van der Waals surface area contributed by atoms with Crippen LogP contribution < -0.4 is 23.8 Å². The number of amides is 2. The Kier molecular flexibility index (Phi) is 12.5. The predicted molar refractivity (Wildman–Crippen MR) is 176 cm³/mol. The molecule has 3 rings (SSSR count). The Labute approximate surface area is 271 Å². The van der Waals surface area contributed by atoms with Gasteiger partial charge in [-0.25, -0.2) is 8.42 Å². The Morgan fingerprint density at radius 1 is 0.911 bits per heavy atom. The topological polar surface area (TPSA) is 114 Å². The zero-order chi connectivity index (χ0) is 33.3. The van der Waals surface area contributed by atoms with Crippen LogP contribution in [0.1, 0.15) is 38.3 Å². The van der Waals surface area contributed by atoms with Crippen LogP contribution in [0.2, 0.25) is 5.02 Å². The summed E-state index contributed by atoms with van der Waals surface area (Å²) in [5.74, 6) is 0.00256. The van der Waals surface area contributed by atoms with E-state index in [9.17, 15) is 18.0 Å². The van der Waals surface area contributed by atoms with Gasteiger partial charge in [-0.1, -0.05) is 62.2 Å². The number of carbonyl (C=O) groups excluding carboxylic acids is 2. The molecule has 3 aromatic carbocycles. The van der Waals surface area contributed by atoms with Crippen molar-refractivity contribution in [3.05, 3.63) is 76.8 Å². The molecule has 244 valence electrons. The minimum absolute atomic E-state index is 0.0564. The van der Waals surface area contributed by atoms with Gasteiger partial charge in [0.25, 0.3) is 10.0 Å². The lowest BCUT2D eigenvalue weighted by atomic mass is 10.1. The van der Waals surface area contributed by atoms with E-state index in [1.807, 2.05) is 52.0 Å². The lowest BCUT2D eigenvalue weighted by Gasteiger charge is -2.33. The van der Waals surface area contributed by atoms with Gasteiger partial charge < -0.3 is 24.4 Å². The summed E-state index contributed by atoms with van der Waals surface area (Å²) >= 11 is 6.34. The zero-order valence-electron chi connectivity index (χ0n) is 26.8. The highest BCUT2D eigenvalue weighted by atomic mass is 35.5. The van der Waals surface area contributed by atoms with Crippen LogP contribution in [0, 0.1) is 12.8 Å². The number of benzene rings is 3. The van der Waals surface area contributed by atoms with E-state index in [1.165, 1.54) is 56.6 Å². The van der Waals surface area contributed by atoms with E-state index >= 15 is 0 Å². The number of hydrogen-bond acceptors (Lipinski definition) is 7. The van der Waals surface area contributed by atoms with Gasteiger partial charge in [0, 0.05) is 24.2 Å². The van der Waals surface area contributed by atoms with Gasteiger partial charge in [0.2, 0.25) is 11.8 Å². The van der Waals surface area contributed by atoms with Crippen LogP contribution in [-0.2, 0) is 26.2 Å². The van der Waals surface area contributed by atoms with Gasteiger partial charge in [-0.3, -0.25) is 13.9 Å². The normalized spacial score (nSPS) is 11.9. The number of ether oxygens (including phenoxy) is 3. The van der Waals surface area contributed by atoms with Gasteiger partial charge >= 0.3 is 0 Å². The summed E-state index contributed by atoms with van der Waals surface area (Å²) < 4.78 is 45.8. The first-order valence-electron chi connectivity index (χ1n) is 14.6. The van der Waals surface area contributed by atoms with E-state index in [2.05, 4.69) is 5.32 Å². The second kappa shape index (κ2) is 15.9. The number of halogens is 1. The van der Waals surface area contributed by atoms with Crippen LogP contribution in [-0.4, -0.2) is 65.6 Å². The molecule has 1 unspecified atom stereocenters. The molecule has 0 fully saturated rings. The number of aryl methyl sites for hydroxylation is 1. The fourth-order valence-corrected chi connectivity index (χ4v) is 6.42. The molecule has 0 aliphatic heterocycles. The number of carbonyl (C=O) groups is 2. The van der Waals surface area contributed by atoms with Crippen molar-refractivity contribution in [2.75, 3.05) is 38.7 Å². The van der Waals surface area contributed by atoms with Crippen LogP contribution in [0.15, 0.2) is 65.6 Å². The Bertz CT molecular complexity index is 1600. The molecular formula is C33H42ClN3O7S. The van der Waals surface area contributed by atoms with Gasteiger partial charge in [0.1, 0.15) is 18.3 Å². The summed E-state index contributed by atoms with van der Waals surface area (Å²) in [6.07, 6.45) is 0.310. The molecule has 3 aromatic rings. The van der Waals surface area contributed by atoms with Crippen molar-refractivity contribution >= 4 is 39.1 Å². The molecule has 0 heterocycles. The summed E-state index contributed by atoms with van der Waals surface area (Å²) in [5, 5.41) is 3.17. The molecule has 0 aromatic heterocycles. The van der Waals surface area contributed by atoms with Crippen molar-refractivity contribution in [2.24, 2.45) is 5.92 Å². The summed E-state index contributed by atoms with van der Waals surface area (Å²) in [6.45, 7) is 7.58. The van der Waals surface area contributed by atoms with E-state index in [0.29, 0.717) is 18.7 Å². The Morgan fingerprint density at radius 2 is 1.58 bits per heavy atom. The number of hydrogen-bond donors (Lipinski definition) is 1.